The number of para-hydroxylation sites is 1. The molecular weight excluding hydrogens is 380 g/mol. The number of pyridine rings is 1. The Balaban J connectivity index is 1.33. The predicted octanol–water partition coefficient (Wildman–Crippen LogP) is 2.64. The van der Waals surface area contributed by atoms with Crippen LogP contribution in [0.4, 0.5) is 5.69 Å². The molecule has 1 saturated heterocycles. The van der Waals surface area contributed by atoms with Gasteiger partial charge in [-0.05, 0) is 36.4 Å². The zero-order chi connectivity index (χ0) is 20.9. The number of nitrogens with zero attached hydrogens (tertiary/aromatic N) is 3. The van der Waals surface area contributed by atoms with Gasteiger partial charge in [0, 0.05) is 37.3 Å². The van der Waals surface area contributed by atoms with Crippen LogP contribution >= 0.6 is 0 Å². The van der Waals surface area contributed by atoms with E-state index in [2.05, 4.69) is 15.2 Å². The number of rotatable bonds is 5. The molecule has 2 amide bonds. The molecule has 4 rings (SSSR count). The molecule has 2 aromatic carbocycles. The van der Waals surface area contributed by atoms with Crippen molar-refractivity contribution in [2.24, 2.45) is 0 Å². The monoisotopic (exact) mass is 404 g/mol. The molecule has 7 heteroatoms. The van der Waals surface area contributed by atoms with E-state index in [-0.39, 0.29) is 11.8 Å². The van der Waals surface area contributed by atoms with Crippen LogP contribution in [0, 0.1) is 0 Å². The first-order valence-corrected chi connectivity index (χ1v) is 9.94. The Morgan fingerprint density at radius 1 is 1.00 bits per heavy atom. The summed E-state index contributed by atoms with van der Waals surface area (Å²) in [5.74, 6) is 0.629. The maximum Gasteiger partial charge on any atom is 0.272 e. The highest BCUT2D eigenvalue weighted by atomic mass is 16.5. The number of anilines is 1. The predicted molar refractivity (Wildman–Crippen MR) is 116 cm³/mol. The molecule has 0 bridgehead atoms. The molecule has 1 N–H and O–H groups in total. The van der Waals surface area contributed by atoms with Crippen LogP contribution in [0.1, 0.15) is 10.5 Å². The molecule has 30 heavy (non-hydrogen) atoms. The second-order valence-electron chi connectivity index (χ2n) is 7.24. The van der Waals surface area contributed by atoms with Crippen molar-refractivity contribution < 1.29 is 14.3 Å². The third-order valence-corrected chi connectivity index (χ3v) is 5.20. The molecule has 1 aliphatic rings. The Hall–Kier alpha value is -3.45. The summed E-state index contributed by atoms with van der Waals surface area (Å²) in [6.45, 7) is 2.75. The van der Waals surface area contributed by atoms with Crippen LogP contribution in [0.3, 0.4) is 0 Å². The van der Waals surface area contributed by atoms with Gasteiger partial charge in [0.15, 0.2) is 0 Å². The van der Waals surface area contributed by atoms with Crippen LogP contribution in [0.2, 0.25) is 0 Å². The van der Waals surface area contributed by atoms with Gasteiger partial charge in [-0.1, -0.05) is 24.3 Å². The number of benzene rings is 2. The van der Waals surface area contributed by atoms with Crippen molar-refractivity contribution in [1.82, 2.24) is 14.8 Å². The van der Waals surface area contributed by atoms with Crippen molar-refractivity contribution in [2.75, 3.05) is 45.2 Å². The lowest BCUT2D eigenvalue weighted by molar-refractivity contribution is -0.117. The van der Waals surface area contributed by atoms with Crippen molar-refractivity contribution >= 4 is 28.4 Å². The number of methoxy groups -OCH3 is 1. The molecule has 3 aromatic rings. The topological polar surface area (TPSA) is 74.8 Å². The smallest absolute Gasteiger partial charge is 0.272 e. The molecular formula is C23H24N4O3. The molecule has 1 aliphatic heterocycles. The van der Waals surface area contributed by atoms with Crippen molar-refractivity contribution in [3.05, 3.63) is 66.4 Å². The van der Waals surface area contributed by atoms with Crippen LogP contribution < -0.4 is 10.1 Å². The van der Waals surface area contributed by atoms with E-state index in [0.717, 1.165) is 22.3 Å². The summed E-state index contributed by atoms with van der Waals surface area (Å²) in [7, 11) is 1.62. The van der Waals surface area contributed by atoms with Gasteiger partial charge in [0.05, 0.1) is 19.2 Å². The van der Waals surface area contributed by atoms with Crippen LogP contribution in [0.25, 0.3) is 10.9 Å². The SMILES string of the molecule is COc1ccc2nc(C(=O)N3CCN(CC(=O)Nc4ccccc4)CC3)ccc2c1. The van der Waals surface area contributed by atoms with E-state index >= 15 is 0 Å². The Labute approximate surface area is 175 Å². The normalized spacial score (nSPS) is 14.5. The van der Waals surface area contributed by atoms with Crippen molar-refractivity contribution in [2.45, 2.75) is 0 Å². The third kappa shape index (κ3) is 4.58. The first kappa shape index (κ1) is 19.8. The van der Waals surface area contributed by atoms with E-state index in [0.29, 0.717) is 38.4 Å². The van der Waals surface area contributed by atoms with Crippen LogP contribution in [0.15, 0.2) is 60.7 Å². The zero-order valence-corrected chi connectivity index (χ0v) is 16.9. The minimum Gasteiger partial charge on any atom is -0.497 e. The quantitative estimate of drug-likeness (QED) is 0.708. The van der Waals surface area contributed by atoms with Gasteiger partial charge in [-0.2, -0.15) is 0 Å². The highest BCUT2D eigenvalue weighted by Crippen LogP contribution is 2.20. The van der Waals surface area contributed by atoms with Crippen LogP contribution in [-0.4, -0.2) is 66.4 Å². The van der Waals surface area contributed by atoms with E-state index in [1.54, 1.807) is 18.1 Å². The molecule has 0 atom stereocenters. The number of fused-ring (bicyclic) bond motifs is 1. The number of carbonyl (C=O) groups excluding carboxylic acids is 2. The standard InChI is InChI=1S/C23H24N4O3/c1-30-19-8-10-20-17(15-19)7-9-21(25-20)23(29)27-13-11-26(12-14-27)16-22(28)24-18-5-3-2-4-6-18/h2-10,15H,11-14,16H2,1H3,(H,24,28). The average molecular weight is 404 g/mol. The lowest BCUT2D eigenvalue weighted by Gasteiger charge is -2.34. The molecule has 0 spiro atoms. The molecule has 1 fully saturated rings. The summed E-state index contributed by atoms with van der Waals surface area (Å²) < 4.78 is 5.23. The van der Waals surface area contributed by atoms with Gasteiger partial charge in [-0.3, -0.25) is 14.5 Å². The molecule has 154 valence electrons. The molecule has 2 heterocycles. The number of hydrogen-bond donors (Lipinski definition) is 1. The van der Waals surface area contributed by atoms with Gasteiger partial charge < -0.3 is 15.0 Å². The van der Waals surface area contributed by atoms with Gasteiger partial charge in [0.2, 0.25) is 5.91 Å². The second kappa shape index (κ2) is 8.92. The van der Waals surface area contributed by atoms with Crippen LogP contribution in [-0.2, 0) is 4.79 Å². The molecule has 0 saturated carbocycles. The fourth-order valence-electron chi connectivity index (χ4n) is 3.55. The number of nitrogens with one attached hydrogen (secondary N) is 1. The average Bonchev–Trinajstić information content (AvgIpc) is 2.79. The van der Waals surface area contributed by atoms with E-state index in [1.807, 2.05) is 54.6 Å². The van der Waals surface area contributed by atoms with Crippen molar-refractivity contribution in [3.8, 4) is 5.75 Å². The van der Waals surface area contributed by atoms with E-state index in [9.17, 15) is 9.59 Å². The first-order chi connectivity index (χ1) is 14.6. The zero-order valence-electron chi connectivity index (χ0n) is 16.9. The summed E-state index contributed by atoms with van der Waals surface area (Å²) in [5.41, 5.74) is 1.98. The van der Waals surface area contributed by atoms with Crippen molar-refractivity contribution in [1.29, 1.82) is 0 Å². The van der Waals surface area contributed by atoms with Crippen molar-refractivity contribution in [3.63, 3.8) is 0 Å². The third-order valence-electron chi connectivity index (χ3n) is 5.20. The number of hydrogen-bond acceptors (Lipinski definition) is 5. The Morgan fingerprint density at radius 3 is 2.50 bits per heavy atom. The second-order valence-corrected chi connectivity index (χ2v) is 7.24. The minimum absolute atomic E-state index is 0.0485. The number of piperazine rings is 1. The lowest BCUT2D eigenvalue weighted by atomic mass is 10.2. The van der Waals surface area contributed by atoms with Gasteiger partial charge in [-0.15, -0.1) is 0 Å². The molecule has 7 nitrogen and oxygen atoms in total. The fraction of sp³-hybridized carbons (Fsp3) is 0.261. The van der Waals surface area contributed by atoms with Gasteiger partial charge in [0.1, 0.15) is 11.4 Å². The Kier molecular flexibility index (Phi) is 5.90. The van der Waals surface area contributed by atoms with Gasteiger partial charge in [0.25, 0.3) is 5.91 Å². The highest BCUT2D eigenvalue weighted by Gasteiger charge is 2.24. The molecule has 1 aromatic heterocycles. The van der Waals surface area contributed by atoms with Crippen LogP contribution in [0.5, 0.6) is 5.75 Å². The molecule has 0 radical (unpaired) electrons. The number of ether oxygens (including phenoxy) is 1. The summed E-state index contributed by atoms with van der Waals surface area (Å²) in [5, 5.41) is 3.82. The lowest BCUT2D eigenvalue weighted by Crippen LogP contribution is -2.50. The first-order valence-electron chi connectivity index (χ1n) is 9.94. The molecule has 0 aliphatic carbocycles. The summed E-state index contributed by atoms with van der Waals surface area (Å²) in [4.78, 5) is 33.5. The number of amides is 2. The number of carbonyl (C=O) groups is 2. The van der Waals surface area contributed by atoms with E-state index < -0.39 is 0 Å². The van der Waals surface area contributed by atoms with E-state index in [1.165, 1.54) is 0 Å². The largest absolute Gasteiger partial charge is 0.497 e. The number of aromatic nitrogens is 1. The Bertz CT molecular complexity index is 1050. The minimum atomic E-state index is -0.0823. The maximum atomic E-state index is 12.9. The fourth-order valence-corrected chi connectivity index (χ4v) is 3.55. The summed E-state index contributed by atoms with van der Waals surface area (Å²) in [6, 6.07) is 18.6. The van der Waals surface area contributed by atoms with E-state index in [4.69, 9.17) is 4.74 Å². The molecule has 0 unspecified atom stereocenters. The van der Waals surface area contributed by atoms with Gasteiger partial charge in [-0.25, -0.2) is 4.98 Å². The van der Waals surface area contributed by atoms with Gasteiger partial charge >= 0.3 is 0 Å². The summed E-state index contributed by atoms with van der Waals surface area (Å²) >= 11 is 0. The summed E-state index contributed by atoms with van der Waals surface area (Å²) in [6.07, 6.45) is 0. The highest BCUT2D eigenvalue weighted by molar-refractivity contribution is 5.95. The Morgan fingerprint density at radius 2 is 1.77 bits per heavy atom. The maximum absolute atomic E-state index is 12.9.